The molecule has 2 N–H and O–H groups in total. The number of nitrogens with one attached hydrogen (secondary N) is 2. The van der Waals surface area contributed by atoms with E-state index in [0.29, 0.717) is 18.5 Å². The Kier molecular flexibility index (Phi) is 6.63. The zero-order valence-electron chi connectivity index (χ0n) is 14.1. The van der Waals surface area contributed by atoms with Gasteiger partial charge in [-0.25, -0.2) is 13.2 Å². The highest BCUT2D eigenvalue weighted by Gasteiger charge is 2.20. The van der Waals surface area contributed by atoms with Crippen molar-refractivity contribution in [1.82, 2.24) is 10.2 Å². The number of halogens is 3. The van der Waals surface area contributed by atoms with Crippen molar-refractivity contribution in [2.24, 2.45) is 10.9 Å². The first-order chi connectivity index (χ1) is 11.9. The third-order valence-corrected chi connectivity index (χ3v) is 3.85. The summed E-state index contributed by atoms with van der Waals surface area (Å²) < 4.78 is 44.9. The van der Waals surface area contributed by atoms with Crippen molar-refractivity contribution in [3.8, 4) is 0 Å². The van der Waals surface area contributed by atoms with E-state index in [-0.39, 0.29) is 6.54 Å². The first-order valence-electron chi connectivity index (χ1n) is 7.85. The number of carbonyl (C=O) groups is 1. The number of hydrogen-bond donors (Lipinski definition) is 2. The number of guanidine groups is 1. The van der Waals surface area contributed by atoms with E-state index >= 15 is 0 Å². The highest BCUT2D eigenvalue weighted by Crippen LogP contribution is 2.19. The Morgan fingerprint density at radius 2 is 2.12 bits per heavy atom. The van der Waals surface area contributed by atoms with Gasteiger partial charge in [-0.3, -0.25) is 9.79 Å². The number of carbonyl (C=O) groups excluding carboxylic acids is 1. The molecule has 138 valence electrons. The minimum atomic E-state index is -1.62. The third kappa shape index (κ3) is 5.09. The molecule has 1 unspecified atom stereocenters. The largest absolute Gasteiger partial charge is 0.381 e. The average molecular weight is 358 g/mol. The second kappa shape index (κ2) is 8.70. The summed E-state index contributed by atoms with van der Waals surface area (Å²) in [6.45, 7) is 1.96. The molecule has 0 radical (unpaired) electrons. The molecule has 0 spiro atoms. The molecule has 1 aliphatic rings. The Bertz CT molecular complexity index is 649. The summed E-state index contributed by atoms with van der Waals surface area (Å²) in [7, 11) is 3.41. The molecule has 1 aromatic carbocycles. The second-order valence-corrected chi connectivity index (χ2v) is 5.78. The predicted molar refractivity (Wildman–Crippen MR) is 87.9 cm³/mol. The lowest BCUT2D eigenvalue weighted by molar-refractivity contribution is -0.115. The Hall–Kier alpha value is -2.29. The summed E-state index contributed by atoms with van der Waals surface area (Å²) in [5.74, 6) is -4.09. The molecule has 1 aliphatic heterocycles. The Labute approximate surface area is 144 Å². The number of anilines is 1. The van der Waals surface area contributed by atoms with Gasteiger partial charge in [0.2, 0.25) is 5.91 Å². The zero-order valence-corrected chi connectivity index (χ0v) is 14.1. The van der Waals surface area contributed by atoms with Gasteiger partial charge in [0.15, 0.2) is 23.4 Å². The lowest BCUT2D eigenvalue weighted by Gasteiger charge is -2.24. The number of nitrogens with zero attached hydrogens (tertiary/aromatic N) is 2. The average Bonchev–Trinajstić information content (AvgIpc) is 3.09. The number of amides is 1. The Balaban J connectivity index is 1.86. The third-order valence-electron chi connectivity index (χ3n) is 3.85. The van der Waals surface area contributed by atoms with Crippen molar-refractivity contribution in [3.63, 3.8) is 0 Å². The van der Waals surface area contributed by atoms with Crippen LogP contribution in [0.25, 0.3) is 0 Å². The van der Waals surface area contributed by atoms with E-state index in [0.717, 1.165) is 31.7 Å². The maximum Gasteiger partial charge on any atom is 0.243 e. The number of rotatable bonds is 5. The summed E-state index contributed by atoms with van der Waals surface area (Å²) in [4.78, 5) is 17.8. The van der Waals surface area contributed by atoms with Gasteiger partial charge in [0.1, 0.15) is 0 Å². The molecule has 1 fully saturated rings. The van der Waals surface area contributed by atoms with Crippen LogP contribution in [0.3, 0.4) is 0 Å². The van der Waals surface area contributed by atoms with Gasteiger partial charge in [0.05, 0.1) is 18.8 Å². The van der Waals surface area contributed by atoms with E-state index < -0.39 is 29.0 Å². The first-order valence-corrected chi connectivity index (χ1v) is 7.85. The quantitative estimate of drug-likeness (QED) is 0.477. The van der Waals surface area contributed by atoms with Crippen LogP contribution in [-0.4, -0.2) is 57.2 Å². The number of ether oxygens (including phenoxy) is 1. The Morgan fingerprint density at radius 3 is 2.76 bits per heavy atom. The van der Waals surface area contributed by atoms with Gasteiger partial charge in [-0.05, 0) is 18.6 Å². The van der Waals surface area contributed by atoms with Gasteiger partial charge in [-0.2, -0.15) is 0 Å². The highest BCUT2D eigenvalue weighted by molar-refractivity contribution is 5.95. The summed E-state index contributed by atoms with van der Waals surface area (Å²) in [5, 5.41) is 5.03. The number of hydrogen-bond acceptors (Lipinski definition) is 3. The van der Waals surface area contributed by atoms with E-state index in [4.69, 9.17) is 4.74 Å². The molecule has 1 atom stereocenters. The molecule has 0 aliphatic carbocycles. The minimum Gasteiger partial charge on any atom is -0.381 e. The van der Waals surface area contributed by atoms with Crippen LogP contribution in [0.2, 0.25) is 0 Å². The Morgan fingerprint density at radius 1 is 1.36 bits per heavy atom. The zero-order chi connectivity index (χ0) is 18.4. The van der Waals surface area contributed by atoms with Gasteiger partial charge in [0.25, 0.3) is 0 Å². The molecule has 25 heavy (non-hydrogen) atoms. The van der Waals surface area contributed by atoms with Crippen molar-refractivity contribution >= 4 is 17.6 Å². The van der Waals surface area contributed by atoms with Crippen molar-refractivity contribution in [2.45, 2.75) is 6.42 Å². The second-order valence-electron chi connectivity index (χ2n) is 5.78. The van der Waals surface area contributed by atoms with Crippen molar-refractivity contribution in [1.29, 1.82) is 0 Å². The van der Waals surface area contributed by atoms with Crippen LogP contribution < -0.4 is 10.6 Å². The molecular weight excluding hydrogens is 337 g/mol. The maximum absolute atomic E-state index is 13.5. The summed E-state index contributed by atoms with van der Waals surface area (Å²) in [6.07, 6.45) is 0.969. The maximum atomic E-state index is 13.5. The SMILES string of the molecule is CN=C(NCC(=O)Nc1ccc(F)c(F)c1F)N(C)CC1CCOC1. The van der Waals surface area contributed by atoms with Crippen molar-refractivity contribution in [2.75, 3.05) is 45.7 Å². The standard InChI is InChI=1S/C16H21F3N4O2/c1-20-16(23(2)8-10-5-6-25-9-10)21-7-13(24)22-12-4-3-11(17)14(18)15(12)19/h3-4,10H,5-9H2,1-2H3,(H,20,21)(H,22,24). The molecule has 0 saturated carbocycles. The van der Waals surface area contributed by atoms with E-state index in [2.05, 4.69) is 15.6 Å². The smallest absolute Gasteiger partial charge is 0.243 e. The van der Waals surface area contributed by atoms with Gasteiger partial charge < -0.3 is 20.3 Å². The van der Waals surface area contributed by atoms with Crippen LogP contribution in [0.4, 0.5) is 18.9 Å². The molecule has 1 heterocycles. The van der Waals surface area contributed by atoms with Crippen LogP contribution in [0.15, 0.2) is 17.1 Å². The molecule has 0 bridgehead atoms. The van der Waals surface area contributed by atoms with Crippen molar-refractivity contribution in [3.05, 3.63) is 29.6 Å². The normalized spacial score (nSPS) is 17.5. The summed E-state index contributed by atoms with van der Waals surface area (Å²) >= 11 is 0. The van der Waals surface area contributed by atoms with Crippen molar-refractivity contribution < 1.29 is 22.7 Å². The van der Waals surface area contributed by atoms with Gasteiger partial charge >= 0.3 is 0 Å². The highest BCUT2D eigenvalue weighted by atomic mass is 19.2. The fraction of sp³-hybridized carbons (Fsp3) is 0.500. The number of benzene rings is 1. The monoisotopic (exact) mass is 358 g/mol. The molecule has 9 heteroatoms. The topological polar surface area (TPSA) is 66.0 Å². The fourth-order valence-corrected chi connectivity index (χ4v) is 2.56. The predicted octanol–water partition coefficient (Wildman–Crippen LogP) is 1.59. The minimum absolute atomic E-state index is 0.198. The van der Waals surface area contributed by atoms with Gasteiger partial charge in [-0.15, -0.1) is 0 Å². The van der Waals surface area contributed by atoms with Crippen LogP contribution in [0, 0.1) is 23.4 Å². The summed E-state index contributed by atoms with van der Waals surface area (Å²) in [5.41, 5.74) is -0.419. The van der Waals surface area contributed by atoms with E-state index in [1.54, 1.807) is 7.05 Å². The first kappa shape index (κ1) is 19.0. The molecule has 1 amide bonds. The van der Waals surface area contributed by atoms with E-state index in [1.807, 2.05) is 11.9 Å². The summed E-state index contributed by atoms with van der Waals surface area (Å²) in [6, 6.07) is 1.71. The van der Waals surface area contributed by atoms with Gasteiger partial charge in [-0.1, -0.05) is 0 Å². The lowest BCUT2D eigenvalue weighted by atomic mass is 10.1. The molecular formula is C16H21F3N4O2. The van der Waals surface area contributed by atoms with Crippen LogP contribution in [0.1, 0.15) is 6.42 Å². The lowest BCUT2D eigenvalue weighted by Crippen LogP contribution is -2.44. The van der Waals surface area contributed by atoms with E-state index in [9.17, 15) is 18.0 Å². The van der Waals surface area contributed by atoms with E-state index in [1.165, 1.54) is 0 Å². The number of aliphatic imine (C=N–C) groups is 1. The molecule has 0 aromatic heterocycles. The molecule has 6 nitrogen and oxygen atoms in total. The van der Waals surface area contributed by atoms with Crippen LogP contribution >= 0.6 is 0 Å². The molecule has 2 rings (SSSR count). The van der Waals surface area contributed by atoms with Gasteiger partial charge in [0, 0.05) is 33.2 Å². The molecule has 1 aromatic rings. The van der Waals surface area contributed by atoms with Crippen LogP contribution in [-0.2, 0) is 9.53 Å². The fourth-order valence-electron chi connectivity index (χ4n) is 2.56. The molecule has 1 saturated heterocycles. The van der Waals surface area contributed by atoms with Crippen LogP contribution in [0.5, 0.6) is 0 Å².